The summed E-state index contributed by atoms with van der Waals surface area (Å²) in [6.45, 7) is 7.68. The molecule has 0 spiro atoms. The van der Waals surface area contributed by atoms with Crippen molar-refractivity contribution < 1.29 is 4.74 Å². The van der Waals surface area contributed by atoms with Gasteiger partial charge in [0.2, 0.25) is 0 Å². The molecule has 0 aliphatic rings. The van der Waals surface area contributed by atoms with Crippen LogP contribution in [0.3, 0.4) is 0 Å². The van der Waals surface area contributed by atoms with Crippen molar-refractivity contribution in [2.75, 3.05) is 11.9 Å². The van der Waals surface area contributed by atoms with Crippen molar-refractivity contribution in [2.24, 2.45) is 0 Å². The summed E-state index contributed by atoms with van der Waals surface area (Å²) in [6.07, 6.45) is 0. The fourth-order valence-electron chi connectivity index (χ4n) is 2.03. The summed E-state index contributed by atoms with van der Waals surface area (Å²) < 4.78 is 6.73. The lowest BCUT2D eigenvalue weighted by Gasteiger charge is -2.13. The molecular weight excluding hydrogens is 314 g/mol. The predicted molar refractivity (Wildman–Crippen MR) is 88.6 cm³/mol. The van der Waals surface area contributed by atoms with Gasteiger partial charge in [-0.2, -0.15) is 0 Å². The summed E-state index contributed by atoms with van der Waals surface area (Å²) in [5.41, 5.74) is 4.90. The first-order chi connectivity index (χ1) is 9.60. The molecule has 0 amide bonds. The molecule has 0 aromatic heterocycles. The minimum absolute atomic E-state index is 0.679. The topological polar surface area (TPSA) is 21.3 Å². The molecule has 2 nitrogen and oxygen atoms in total. The molecule has 0 atom stereocenters. The summed E-state index contributed by atoms with van der Waals surface area (Å²) in [5.74, 6) is 0.937. The molecule has 0 aliphatic heterocycles. The van der Waals surface area contributed by atoms with E-state index in [1.54, 1.807) is 0 Å². The van der Waals surface area contributed by atoms with Crippen LogP contribution in [-0.2, 0) is 6.54 Å². The lowest BCUT2D eigenvalue weighted by Crippen LogP contribution is -2.03. The molecule has 0 unspecified atom stereocenters. The van der Waals surface area contributed by atoms with Gasteiger partial charge < -0.3 is 10.1 Å². The Kier molecular flexibility index (Phi) is 5.07. The van der Waals surface area contributed by atoms with E-state index in [0.29, 0.717) is 6.61 Å². The number of nitrogens with one attached hydrogen (secondary N) is 1. The smallest absolute Gasteiger partial charge is 0.124 e. The molecular formula is C17H20BrNO. The first kappa shape index (κ1) is 14.9. The largest absolute Gasteiger partial charge is 0.494 e. The van der Waals surface area contributed by atoms with Gasteiger partial charge in [0.05, 0.1) is 6.61 Å². The van der Waals surface area contributed by atoms with Gasteiger partial charge in [-0.25, -0.2) is 0 Å². The number of hydrogen-bond donors (Lipinski definition) is 1. The number of ether oxygens (including phenoxy) is 1. The van der Waals surface area contributed by atoms with Gasteiger partial charge in [-0.3, -0.25) is 0 Å². The van der Waals surface area contributed by atoms with Crippen LogP contribution in [0.2, 0.25) is 0 Å². The molecule has 20 heavy (non-hydrogen) atoms. The average Bonchev–Trinajstić information content (AvgIpc) is 2.43. The SMILES string of the molecule is CCOc1ccc(Br)cc1CNc1ccc(C)c(C)c1. The van der Waals surface area contributed by atoms with Gasteiger partial charge in [0.25, 0.3) is 0 Å². The van der Waals surface area contributed by atoms with E-state index in [9.17, 15) is 0 Å². The van der Waals surface area contributed by atoms with Crippen molar-refractivity contribution in [1.82, 2.24) is 0 Å². The summed E-state index contributed by atoms with van der Waals surface area (Å²) >= 11 is 3.51. The zero-order valence-corrected chi connectivity index (χ0v) is 13.8. The van der Waals surface area contributed by atoms with E-state index in [4.69, 9.17) is 4.74 Å². The van der Waals surface area contributed by atoms with Gasteiger partial charge in [-0.15, -0.1) is 0 Å². The second kappa shape index (κ2) is 6.80. The van der Waals surface area contributed by atoms with Crippen LogP contribution in [-0.4, -0.2) is 6.61 Å². The van der Waals surface area contributed by atoms with Crippen molar-refractivity contribution in [3.63, 3.8) is 0 Å². The van der Waals surface area contributed by atoms with E-state index in [2.05, 4.69) is 59.4 Å². The highest BCUT2D eigenvalue weighted by Crippen LogP contribution is 2.24. The standard InChI is InChI=1S/C17H20BrNO/c1-4-20-17-8-6-15(18)10-14(17)11-19-16-7-5-12(2)13(3)9-16/h5-10,19H,4,11H2,1-3H3. The minimum atomic E-state index is 0.679. The van der Waals surface area contributed by atoms with E-state index in [0.717, 1.165) is 28.0 Å². The van der Waals surface area contributed by atoms with E-state index in [-0.39, 0.29) is 0 Å². The number of benzene rings is 2. The highest BCUT2D eigenvalue weighted by atomic mass is 79.9. The van der Waals surface area contributed by atoms with Crippen LogP contribution >= 0.6 is 15.9 Å². The maximum Gasteiger partial charge on any atom is 0.124 e. The molecule has 0 bridgehead atoms. The highest BCUT2D eigenvalue weighted by molar-refractivity contribution is 9.10. The minimum Gasteiger partial charge on any atom is -0.494 e. The first-order valence-corrected chi connectivity index (χ1v) is 7.62. The maximum absolute atomic E-state index is 5.66. The van der Waals surface area contributed by atoms with Crippen LogP contribution in [0.25, 0.3) is 0 Å². The monoisotopic (exact) mass is 333 g/mol. The molecule has 106 valence electrons. The Morgan fingerprint density at radius 2 is 1.85 bits per heavy atom. The van der Waals surface area contributed by atoms with Gasteiger partial charge >= 0.3 is 0 Å². The van der Waals surface area contributed by atoms with Crippen molar-refractivity contribution in [3.8, 4) is 5.75 Å². The lowest BCUT2D eigenvalue weighted by atomic mass is 10.1. The molecule has 0 aliphatic carbocycles. The number of aryl methyl sites for hydroxylation is 2. The number of rotatable bonds is 5. The van der Waals surface area contributed by atoms with E-state index in [1.807, 2.05) is 19.1 Å². The molecule has 0 saturated heterocycles. The molecule has 0 fully saturated rings. The van der Waals surface area contributed by atoms with Crippen LogP contribution in [0, 0.1) is 13.8 Å². The van der Waals surface area contributed by atoms with E-state index < -0.39 is 0 Å². The summed E-state index contributed by atoms with van der Waals surface area (Å²) in [7, 11) is 0. The van der Waals surface area contributed by atoms with Crippen LogP contribution in [0.1, 0.15) is 23.6 Å². The van der Waals surface area contributed by atoms with Crippen molar-refractivity contribution in [1.29, 1.82) is 0 Å². The van der Waals surface area contributed by atoms with Crippen molar-refractivity contribution in [3.05, 3.63) is 57.6 Å². The normalized spacial score (nSPS) is 10.4. The van der Waals surface area contributed by atoms with Crippen LogP contribution in [0.15, 0.2) is 40.9 Å². The Morgan fingerprint density at radius 3 is 2.55 bits per heavy atom. The fourth-order valence-corrected chi connectivity index (χ4v) is 2.44. The lowest BCUT2D eigenvalue weighted by molar-refractivity contribution is 0.337. The number of hydrogen-bond acceptors (Lipinski definition) is 2. The first-order valence-electron chi connectivity index (χ1n) is 6.82. The Balaban J connectivity index is 2.13. The van der Waals surface area contributed by atoms with E-state index >= 15 is 0 Å². The van der Waals surface area contributed by atoms with Gasteiger partial charge in [0, 0.05) is 22.3 Å². The zero-order valence-electron chi connectivity index (χ0n) is 12.2. The molecule has 0 heterocycles. The molecule has 0 saturated carbocycles. The maximum atomic E-state index is 5.66. The summed E-state index contributed by atoms with van der Waals surface area (Å²) in [5, 5.41) is 3.45. The average molecular weight is 334 g/mol. The fraction of sp³-hybridized carbons (Fsp3) is 0.294. The zero-order chi connectivity index (χ0) is 14.5. The predicted octanol–water partition coefficient (Wildman–Crippen LogP) is 5.08. The molecule has 1 N–H and O–H groups in total. The van der Waals surface area contributed by atoms with Gasteiger partial charge in [-0.05, 0) is 62.2 Å². The Morgan fingerprint density at radius 1 is 1.05 bits per heavy atom. The van der Waals surface area contributed by atoms with E-state index in [1.165, 1.54) is 11.1 Å². The van der Waals surface area contributed by atoms with Crippen LogP contribution < -0.4 is 10.1 Å². The Labute approximate surface area is 129 Å². The van der Waals surface area contributed by atoms with Gasteiger partial charge in [0.15, 0.2) is 0 Å². The van der Waals surface area contributed by atoms with Crippen molar-refractivity contribution in [2.45, 2.75) is 27.3 Å². The van der Waals surface area contributed by atoms with Gasteiger partial charge in [0.1, 0.15) is 5.75 Å². The van der Waals surface area contributed by atoms with Gasteiger partial charge in [-0.1, -0.05) is 22.0 Å². The van der Waals surface area contributed by atoms with Crippen LogP contribution in [0.4, 0.5) is 5.69 Å². The quantitative estimate of drug-likeness (QED) is 0.824. The summed E-state index contributed by atoms with van der Waals surface area (Å²) in [6, 6.07) is 12.5. The third-order valence-corrected chi connectivity index (χ3v) is 3.81. The third kappa shape index (κ3) is 3.76. The highest BCUT2D eigenvalue weighted by Gasteiger charge is 2.05. The molecule has 0 radical (unpaired) electrons. The third-order valence-electron chi connectivity index (χ3n) is 3.31. The summed E-state index contributed by atoms with van der Waals surface area (Å²) in [4.78, 5) is 0. The molecule has 2 aromatic rings. The van der Waals surface area contributed by atoms with Crippen molar-refractivity contribution >= 4 is 21.6 Å². The second-order valence-electron chi connectivity index (χ2n) is 4.84. The van der Waals surface area contributed by atoms with Crippen LogP contribution in [0.5, 0.6) is 5.75 Å². The Bertz CT molecular complexity index is 596. The number of anilines is 1. The Hall–Kier alpha value is -1.48. The molecule has 3 heteroatoms. The number of halogens is 1. The molecule has 2 rings (SSSR count). The molecule has 2 aromatic carbocycles. The second-order valence-corrected chi connectivity index (χ2v) is 5.75.